The molecule has 0 saturated carbocycles. The number of rotatable bonds is 16. The Morgan fingerprint density at radius 1 is 0.469 bits per heavy atom. The van der Waals surface area contributed by atoms with Gasteiger partial charge in [0, 0.05) is 73.7 Å². The molecule has 0 fully saturated rings. The van der Waals surface area contributed by atoms with Gasteiger partial charge in [0.05, 0.1) is 33.0 Å². The predicted molar refractivity (Wildman–Crippen MR) is 188 cm³/mol. The normalized spacial score (nSPS) is 13.1. The number of methoxy groups -OCH3 is 4. The fourth-order valence-electron chi connectivity index (χ4n) is 6.60. The summed E-state index contributed by atoms with van der Waals surface area (Å²) in [6.45, 7) is 6.63. The number of hydrogen-bond donors (Lipinski definition) is 5. The third-order valence-electron chi connectivity index (χ3n) is 9.61. The first kappa shape index (κ1) is 37.9. The van der Waals surface area contributed by atoms with Gasteiger partial charge >= 0.3 is 0 Å². The van der Waals surface area contributed by atoms with Crippen molar-refractivity contribution in [1.29, 1.82) is 0 Å². The molecule has 1 unspecified atom stereocenters. The summed E-state index contributed by atoms with van der Waals surface area (Å²) in [5.74, 6) is 0.227. The first-order valence-electron chi connectivity index (χ1n) is 16.2. The van der Waals surface area contributed by atoms with Gasteiger partial charge in [0.25, 0.3) is 0 Å². The summed E-state index contributed by atoms with van der Waals surface area (Å²) in [6, 6.07) is 19.7. The molecule has 0 saturated heterocycles. The van der Waals surface area contributed by atoms with Crippen LogP contribution < -0.4 is 0 Å². The van der Waals surface area contributed by atoms with Crippen molar-refractivity contribution in [2.75, 3.05) is 35.0 Å². The second-order valence-corrected chi connectivity index (χ2v) is 13.1. The molecule has 4 aromatic carbocycles. The Morgan fingerprint density at radius 3 is 1.20 bits per heavy atom. The highest BCUT2D eigenvalue weighted by Crippen LogP contribution is 2.45. The SMILES string of the molecule is COCc1cc(C(C)(C)c2ccc(C(C)(c3cc(CO)c(O)c(CCO)c3)c3cc(COC)c(O)c(COC)c3)cc2)cc(COC)c1O. The third-order valence-corrected chi connectivity index (χ3v) is 9.61. The van der Waals surface area contributed by atoms with Crippen molar-refractivity contribution in [2.45, 2.75) is 71.1 Å². The van der Waals surface area contributed by atoms with E-state index in [1.54, 1.807) is 34.5 Å². The Bertz CT molecular complexity index is 1670. The van der Waals surface area contributed by atoms with Crippen LogP contribution in [0.3, 0.4) is 0 Å². The molecule has 49 heavy (non-hydrogen) atoms. The van der Waals surface area contributed by atoms with Crippen LogP contribution in [0.4, 0.5) is 0 Å². The topological polar surface area (TPSA) is 138 Å². The largest absolute Gasteiger partial charge is 0.507 e. The highest BCUT2D eigenvalue weighted by molar-refractivity contribution is 5.58. The first-order valence-corrected chi connectivity index (χ1v) is 16.2. The van der Waals surface area contributed by atoms with Crippen LogP contribution in [0.1, 0.15) is 82.0 Å². The molecule has 0 bridgehead atoms. The van der Waals surface area contributed by atoms with Gasteiger partial charge in [-0.2, -0.15) is 0 Å². The molecule has 0 aromatic heterocycles. The van der Waals surface area contributed by atoms with Crippen LogP contribution in [-0.2, 0) is 69.2 Å². The Hall–Kier alpha value is -3.96. The van der Waals surface area contributed by atoms with Crippen molar-refractivity contribution in [3.8, 4) is 17.2 Å². The molecule has 264 valence electrons. The average Bonchev–Trinajstić information content (AvgIpc) is 3.09. The van der Waals surface area contributed by atoms with Crippen LogP contribution in [0.5, 0.6) is 17.2 Å². The molecule has 4 rings (SSSR count). The predicted octanol–water partition coefficient (Wildman–Crippen LogP) is 6.10. The molecule has 9 heteroatoms. The zero-order chi connectivity index (χ0) is 35.9. The Morgan fingerprint density at radius 2 is 0.816 bits per heavy atom. The number of ether oxygens (including phenoxy) is 4. The average molecular weight is 675 g/mol. The molecule has 5 N–H and O–H groups in total. The molecule has 0 spiro atoms. The van der Waals surface area contributed by atoms with Crippen molar-refractivity contribution >= 4 is 0 Å². The maximum absolute atomic E-state index is 11.1. The molecule has 0 aliphatic rings. The van der Waals surface area contributed by atoms with Crippen molar-refractivity contribution in [3.63, 3.8) is 0 Å². The second kappa shape index (κ2) is 16.2. The number of phenolic OH excluding ortho intramolecular Hbond substituents is 2. The molecule has 4 aromatic rings. The number of phenols is 3. The summed E-state index contributed by atoms with van der Waals surface area (Å²) >= 11 is 0. The molecule has 9 nitrogen and oxygen atoms in total. The number of aliphatic hydroxyl groups is 2. The second-order valence-electron chi connectivity index (χ2n) is 13.1. The van der Waals surface area contributed by atoms with Crippen molar-refractivity contribution in [3.05, 3.63) is 122 Å². The van der Waals surface area contributed by atoms with Gasteiger partial charge in [-0.25, -0.2) is 0 Å². The van der Waals surface area contributed by atoms with E-state index in [1.165, 1.54) is 0 Å². The number of aromatic hydroxyl groups is 3. The molecular formula is C40H50O9. The summed E-state index contributed by atoms with van der Waals surface area (Å²) in [5, 5.41) is 52.9. The molecule has 0 amide bonds. The van der Waals surface area contributed by atoms with Gasteiger partial charge in [0.2, 0.25) is 0 Å². The maximum Gasteiger partial charge on any atom is 0.126 e. The van der Waals surface area contributed by atoms with Crippen molar-refractivity contribution < 1.29 is 44.5 Å². The van der Waals surface area contributed by atoms with Crippen LogP contribution in [-0.4, -0.2) is 60.6 Å². The summed E-state index contributed by atoms with van der Waals surface area (Å²) in [4.78, 5) is 0. The smallest absolute Gasteiger partial charge is 0.126 e. The van der Waals surface area contributed by atoms with Crippen LogP contribution in [0.25, 0.3) is 0 Å². The van der Waals surface area contributed by atoms with Gasteiger partial charge in [0.1, 0.15) is 17.2 Å². The lowest BCUT2D eigenvalue weighted by Gasteiger charge is -2.35. The maximum atomic E-state index is 11.1. The highest BCUT2D eigenvalue weighted by Gasteiger charge is 2.35. The van der Waals surface area contributed by atoms with Gasteiger partial charge < -0.3 is 44.5 Å². The van der Waals surface area contributed by atoms with Crippen LogP contribution >= 0.6 is 0 Å². The summed E-state index contributed by atoms with van der Waals surface area (Å²) in [5.41, 5.74) is 6.66. The molecule has 0 heterocycles. The van der Waals surface area contributed by atoms with E-state index in [0.717, 1.165) is 27.8 Å². The number of hydrogen-bond acceptors (Lipinski definition) is 9. The zero-order valence-electron chi connectivity index (χ0n) is 29.6. The highest BCUT2D eigenvalue weighted by atomic mass is 16.5. The minimum Gasteiger partial charge on any atom is -0.507 e. The lowest BCUT2D eigenvalue weighted by molar-refractivity contribution is 0.174. The minimum absolute atomic E-state index is 0.0415. The molecule has 0 aliphatic carbocycles. The molecule has 0 aliphatic heterocycles. The minimum atomic E-state index is -0.862. The van der Waals surface area contributed by atoms with E-state index in [9.17, 15) is 25.5 Å². The van der Waals surface area contributed by atoms with Crippen molar-refractivity contribution in [2.24, 2.45) is 0 Å². The van der Waals surface area contributed by atoms with Crippen LogP contribution in [0, 0.1) is 0 Å². The molecule has 0 radical (unpaired) electrons. The Kier molecular flexibility index (Phi) is 12.5. The van der Waals surface area contributed by atoms with Crippen LogP contribution in [0.15, 0.2) is 60.7 Å². The van der Waals surface area contributed by atoms with E-state index in [0.29, 0.717) is 33.4 Å². The van der Waals surface area contributed by atoms with E-state index in [-0.39, 0.29) is 63.3 Å². The van der Waals surface area contributed by atoms with E-state index in [2.05, 4.69) is 45.0 Å². The van der Waals surface area contributed by atoms with Gasteiger partial charge in [-0.05, 0) is 77.1 Å². The summed E-state index contributed by atoms with van der Waals surface area (Å²) in [7, 11) is 6.33. The lowest BCUT2D eigenvalue weighted by atomic mass is 9.68. The standard InChI is InChI=1S/C40H50O9/c1-39(2,33-16-27(21-46-4)37(44)28(17-33)22-47-5)31-8-10-32(11-9-31)40(3,34-14-25(12-13-41)36(43)26(15-34)20-42)35-18-29(23-48-6)38(45)30(19-35)24-49-7/h8-11,14-19,41-45H,12-13,20-24H2,1-7H3. The monoisotopic (exact) mass is 674 g/mol. The van der Waals surface area contributed by atoms with Crippen LogP contribution in [0.2, 0.25) is 0 Å². The van der Waals surface area contributed by atoms with Gasteiger partial charge in [-0.3, -0.25) is 0 Å². The fraction of sp³-hybridized carbons (Fsp3) is 0.400. The van der Waals surface area contributed by atoms with Crippen molar-refractivity contribution in [1.82, 2.24) is 0 Å². The number of aliphatic hydroxyl groups excluding tert-OH is 2. The first-order chi connectivity index (χ1) is 23.4. The Balaban J connectivity index is 1.96. The summed E-state index contributed by atoms with van der Waals surface area (Å²) in [6.07, 6.45) is 0.206. The van der Waals surface area contributed by atoms with E-state index < -0.39 is 10.8 Å². The number of benzene rings is 4. The summed E-state index contributed by atoms with van der Waals surface area (Å²) < 4.78 is 21.7. The third kappa shape index (κ3) is 7.62. The van der Waals surface area contributed by atoms with Gasteiger partial charge in [0.15, 0.2) is 0 Å². The van der Waals surface area contributed by atoms with E-state index in [4.69, 9.17) is 18.9 Å². The van der Waals surface area contributed by atoms with Gasteiger partial charge in [-0.15, -0.1) is 0 Å². The van der Waals surface area contributed by atoms with E-state index in [1.807, 2.05) is 30.3 Å². The Labute approximate surface area is 289 Å². The molecular weight excluding hydrogens is 624 g/mol. The van der Waals surface area contributed by atoms with E-state index >= 15 is 0 Å². The lowest BCUT2D eigenvalue weighted by Crippen LogP contribution is -2.27. The van der Waals surface area contributed by atoms with Gasteiger partial charge in [-0.1, -0.05) is 44.2 Å². The zero-order valence-corrected chi connectivity index (χ0v) is 29.6. The molecule has 1 atom stereocenters. The fourth-order valence-corrected chi connectivity index (χ4v) is 6.60. The quantitative estimate of drug-likeness (QED) is 0.0894.